The van der Waals surface area contributed by atoms with E-state index in [1.54, 1.807) is 13.2 Å². The lowest BCUT2D eigenvalue weighted by molar-refractivity contribution is -0.380. The molecule has 0 unspecified atom stereocenters. The van der Waals surface area contributed by atoms with Crippen molar-refractivity contribution in [2.75, 3.05) is 20.3 Å². The van der Waals surface area contributed by atoms with Crippen molar-refractivity contribution in [2.45, 2.75) is 13.5 Å². The molecule has 0 spiro atoms. The van der Waals surface area contributed by atoms with E-state index in [1.165, 1.54) is 29.6 Å². The average Bonchev–Trinajstić information content (AvgIpc) is 3.31. The van der Waals surface area contributed by atoms with Gasteiger partial charge in [0.25, 0.3) is 5.91 Å². The molecule has 0 fully saturated rings. The Kier molecular flexibility index (Phi) is 6.91. The number of nitro groups is 1. The van der Waals surface area contributed by atoms with Gasteiger partial charge >= 0.3 is 5.00 Å². The molecule has 3 aromatic rings. The summed E-state index contributed by atoms with van der Waals surface area (Å²) < 4.78 is 13.6. The van der Waals surface area contributed by atoms with Gasteiger partial charge in [0.2, 0.25) is 0 Å². The number of nitrogens with zero attached hydrogens (tertiary/aromatic N) is 3. The second kappa shape index (κ2) is 9.59. The Hall–Kier alpha value is -2.82. The van der Waals surface area contributed by atoms with Gasteiger partial charge in [-0.15, -0.1) is 0 Å². The molecule has 0 saturated carbocycles. The number of benzene rings is 1. The fourth-order valence-electron chi connectivity index (χ4n) is 2.60. The van der Waals surface area contributed by atoms with Crippen LogP contribution >= 0.6 is 22.7 Å². The van der Waals surface area contributed by atoms with Crippen LogP contribution in [0.1, 0.15) is 11.8 Å². The van der Waals surface area contributed by atoms with Crippen LogP contribution in [-0.2, 0) is 16.1 Å². The van der Waals surface area contributed by atoms with Crippen LogP contribution in [0.25, 0.3) is 16.3 Å². The summed E-state index contributed by atoms with van der Waals surface area (Å²) in [4.78, 5) is 28.1. The van der Waals surface area contributed by atoms with Crippen LogP contribution in [0, 0.1) is 10.1 Å². The first-order valence-electron chi connectivity index (χ1n) is 8.78. The minimum atomic E-state index is -0.457. The Balaban J connectivity index is 1.91. The summed E-state index contributed by atoms with van der Waals surface area (Å²) in [5, 5.41) is 10.8. The third-order valence-electron chi connectivity index (χ3n) is 3.94. The smallest absolute Gasteiger partial charge is 0.324 e. The van der Waals surface area contributed by atoms with E-state index in [2.05, 4.69) is 4.99 Å². The van der Waals surface area contributed by atoms with Crippen molar-refractivity contribution in [1.29, 1.82) is 0 Å². The van der Waals surface area contributed by atoms with Crippen LogP contribution in [0.2, 0.25) is 0 Å². The van der Waals surface area contributed by atoms with E-state index in [1.807, 2.05) is 29.7 Å². The second-order valence-corrected chi connectivity index (χ2v) is 7.89. The third kappa shape index (κ3) is 5.17. The number of carbonyl (C=O) groups excluding carboxylic acids is 1. The number of thiazole rings is 1. The number of hydrogen-bond acceptors (Lipinski definition) is 7. The van der Waals surface area contributed by atoms with Gasteiger partial charge in [0, 0.05) is 30.2 Å². The fourth-order valence-corrected chi connectivity index (χ4v) is 4.41. The lowest BCUT2D eigenvalue weighted by Gasteiger charge is -2.05. The number of fused-ring (bicyclic) bond motifs is 1. The van der Waals surface area contributed by atoms with Gasteiger partial charge in [-0.25, -0.2) is 0 Å². The molecular formula is C19H19N3O5S2. The maximum atomic E-state index is 12.4. The Bertz CT molecular complexity index is 1130. The van der Waals surface area contributed by atoms with Gasteiger partial charge in [0.15, 0.2) is 4.80 Å². The number of carbonyl (C=O) groups is 1. The van der Waals surface area contributed by atoms with Crippen LogP contribution in [0.3, 0.4) is 0 Å². The first-order valence-corrected chi connectivity index (χ1v) is 10.4. The van der Waals surface area contributed by atoms with Gasteiger partial charge in [-0.2, -0.15) is 4.99 Å². The Morgan fingerprint density at radius 2 is 2.14 bits per heavy atom. The maximum absolute atomic E-state index is 12.4. The SMILES string of the molecule is CCOCCn1c(=NC(=O)C=Cc2ccc([N+](=O)[O-])s2)sc2cc(OC)ccc21. The predicted octanol–water partition coefficient (Wildman–Crippen LogP) is 3.86. The van der Waals surface area contributed by atoms with Gasteiger partial charge in [0.1, 0.15) is 5.75 Å². The van der Waals surface area contributed by atoms with E-state index in [0.717, 1.165) is 27.3 Å². The number of ether oxygens (including phenoxy) is 2. The fraction of sp³-hybridized carbons (Fsp3) is 0.263. The van der Waals surface area contributed by atoms with Crippen LogP contribution in [0.5, 0.6) is 5.75 Å². The molecule has 0 aliphatic carbocycles. The molecular weight excluding hydrogens is 414 g/mol. The van der Waals surface area contributed by atoms with Crippen molar-refractivity contribution in [1.82, 2.24) is 4.57 Å². The molecule has 0 atom stereocenters. The zero-order valence-electron chi connectivity index (χ0n) is 15.9. The van der Waals surface area contributed by atoms with Crippen molar-refractivity contribution in [2.24, 2.45) is 4.99 Å². The molecule has 2 aromatic heterocycles. The molecule has 0 saturated heterocycles. The van der Waals surface area contributed by atoms with Gasteiger partial charge in [-0.3, -0.25) is 14.9 Å². The summed E-state index contributed by atoms with van der Waals surface area (Å²) in [6.07, 6.45) is 2.85. The molecule has 3 rings (SSSR count). The molecule has 0 aliphatic rings. The number of rotatable bonds is 8. The highest BCUT2D eigenvalue weighted by Gasteiger charge is 2.10. The van der Waals surface area contributed by atoms with Crippen molar-refractivity contribution < 1.29 is 19.2 Å². The van der Waals surface area contributed by atoms with E-state index < -0.39 is 10.8 Å². The van der Waals surface area contributed by atoms with Crippen LogP contribution < -0.4 is 9.54 Å². The lowest BCUT2D eigenvalue weighted by atomic mass is 10.3. The van der Waals surface area contributed by atoms with E-state index in [9.17, 15) is 14.9 Å². The molecule has 152 valence electrons. The summed E-state index contributed by atoms with van der Waals surface area (Å²) in [6, 6.07) is 8.71. The summed E-state index contributed by atoms with van der Waals surface area (Å²) >= 11 is 2.39. The highest BCUT2D eigenvalue weighted by atomic mass is 32.1. The molecule has 0 radical (unpaired) electrons. The van der Waals surface area contributed by atoms with E-state index in [-0.39, 0.29) is 5.00 Å². The Labute approximate surface area is 174 Å². The highest BCUT2D eigenvalue weighted by molar-refractivity contribution is 7.16. The molecule has 0 bridgehead atoms. The number of thiophene rings is 1. The number of aromatic nitrogens is 1. The highest BCUT2D eigenvalue weighted by Crippen LogP contribution is 2.25. The minimum Gasteiger partial charge on any atom is -0.497 e. The summed E-state index contributed by atoms with van der Waals surface area (Å²) in [5.41, 5.74) is 0.944. The summed E-state index contributed by atoms with van der Waals surface area (Å²) in [6.45, 7) is 3.60. The standard InChI is InChI=1S/C19H19N3O5S2/c1-3-27-11-10-21-15-7-4-13(26-2)12-16(15)29-19(21)20-17(23)8-5-14-6-9-18(28-14)22(24)25/h4-9,12H,3,10-11H2,1-2H3. The van der Waals surface area contributed by atoms with Crippen molar-refractivity contribution in [3.05, 3.63) is 56.2 Å². The van der Waals surface area contributed by atoms with Gasteiger partial charge in [-0.1, -0.05) is 22.7 Å². The molecule has 1 amide bonds. The number of amides is 1. The molecule has 0 aliphatic heterocycles. The zero-order chi connectivity index (χ0) is 20.8. The van der Waals surface area contributed by atoms with Crippen molar-refractivity contribution in [3.63, 3.8) is 0 Å². The molecule has 8 nitrogen and oxygen atoms in total. The normalized spacial score (nSPS) is 12.1. The van der Waals surface area contributed by atoms with Crippen LogP contribution in [-0.4, -0.2) is 35.7 Å². The molecule has 2 heterocycles. The predicted molar refractivity (Wildman–Crippen MR) is 113 cm³/mol. The van der Waals surface area contributed by atoms with E-state index >= 15 is 0 Å². The topological polar surface area (TPSA) is 96.0 Å². The Morgan fingerprint density at radius 1 is 1.31 bits per heavy atom. The van der Waals surface area contributed by atoms with Crippen molar-refractivity contribution in [3.8, 4) is 5.75 Å². The Morgan fingerprint density at radius 3 is 2.83 bits per heavy atom. The second-order valence-electron chi connectivity index (χ2n) is 5.78. The molecule has 1 aromatic carbocycles. The monoisotopic (exact) mass is 433 g/mol. The molecule has 29 heavy (non-hydrogen) atoms. The minimum absolute atomic E-state index is 0.0289. The van der Waals surface area contributed by atoms with Gasteiger partial charge in [-0.05, 0) is 37.3 Å². The zero-order valence-corrected chi connectivity index (χ0v) is 17.5. The third-order valence-corrected chi connectivity index (χ3v) is 5.99. The average molecular weight is 434 g/mol. The van der Waals surface area contributed by atoms with Crippen LogP contribution in [0.4, 0.5) is 5.00 Å². The number of methoxy groups -OCH3 is 1. The molecule has 0 N–H and O–H groups in total. The largest absolute Gasteiger partial charge is 0.497 e. The molecule has 10 heteroatoms. The maximum Gasteiger partial charge on any atom is 0.324 e. The summed E-state index contributed by atoms with van der Waals surface area (Å²) in [5.74, 6) is 0.289. The quantitative estimate of drug-likeness (QED) is 0.233. The first kappa shape index (κ1) is 20.9. The van der Waals surface area contributed by atoms with E-state index in [0.29, 0.717) is 29.4 Å². The summed E-state index contributed by atoms with van der Waals surface area (Å²) in [7, 11) is 1.60. The lowest BCUT2D eigenvalue weighted by Crippen LogP contribution is -2.19. The van der Waals surface area contributed by atoms with Crippen LogP contribution in [0.15, 0.2) is 41.4 Å². The van der Waals surface area contributed by atoms with Gasteiger partial charge < -0.3 is 14.0 Å². The number of hydrogen-bond donors (Lipinski definition) is 0. The van der Waals surface area contributed by atoms with E-state index in [4.69, 9.17) is 9.47 Å². The van der Waals surface area contributed by atoms with Gasteiger partial charge in [0.05, 0.1) is 28.9 Å². The van der Waals surface area contributed by atoms with Crippen molar-refractivity contribution >= 4 is 49.9 Å². The first-order chi connectivity index (χ1) is 14.0.